The first-order valence-corrected chi connectivity index (χ1v) is 5.70. The lowest BCUT2D eigenvalue weighted by atomic mass is 10.3. The number of anilines is 1. The molecule has 1 aliphatic heterocycles. The molecule has 0 aliphatic carbocycles. The van der Waals surface area contributed by atoms with Gasteiger partial charge in [-0.25, -0.2) is 4.98 Å². The van der Waals surface area contributed by atoms with Gasteiger partial charge in [0, 0.05) is 26.3 Å². The van der Waals surface area contributed by atoms with Crippen molar-refractivity contribution >= 4 is 5.95 Å². The van der Waals surface area contributed by atoms with E-state index >= 15 is 0 Å². The molecule has 0 radical (unpaired) electrons. The first-order chi connectivity index (χ1) is 7.69. The average Bonchev–Trinajstić information content (AvgIpc) is 2.59. The highest BCUT2D eigenvalue weighted by Gasteiger charge is 2.19. The molecule has 1 aliphatic rings. The van der Waals surface area contributed by atoms with Crippen LogP contribution in [0.25, 0.3) is 0 Å². The molecule has 2 heterocycles. The molecule has 5 nitrogen and oxygen atoms in total. The monoisotopic (exact) mass is 224 g/mol. The standard InChI is InChI=1S/C11H20N4O/c1-9-6-15(11(12-2)13-9)8-10-7-14(3)4-5-16-10/h6,10H,4-5,7-8H2,1-3H3,(H,12,13). The number of imidazole rings is 1. The molecule has 1 fully saturated rings. The second-order valence-electron chi connectivity index (χ2n) is 4.36. The predicted molar refractivity (Wildman–Crippen MR) is 63.7 cm³/mol. The predicted octanol–water partition coefficient (Wildman–Crippen LogP) is 0.564. The molecule has 1 unspecified atom stereocenters. The van der Waals surface area contributed by atoms with Gasteiger partial charge in [-0.2, -0.15) is 0 Å². The van der Waals surface area contributed by atoms with Crippen LogP contribution in [0.2, 0.25) is 0 Å². The average molecular weight is 224 g/mol. The number of aryl methyl sites for hydroxylation is 1. The Bertz CT molecular complexity index is 350. The van der Waals surface area contributed by atoms with Crippen LogP contribution in [-0.2, 0) is 11.3 Å². The number of hydrogen-bond acceptors (Lipinski definition) is 4. The third kappa shape index (κ3) is 2.54. The summed E-state index contributed by atoms with van der Waals surface area (Å²) in [6, 6.07) is 0. The number of nitrogens with one attached hydrogen (secondary N) is 1. The van der Waals surface area contributed by atoms with Gasteiger partial charge in [-0.15, -0.1) is 0 Å². The van der Waals surface area contributed by atoms with E-state index in [0.29, 0.717) is 0 Å². The van der Waals surface area contributed by atoms with Crippen molar-refractivity contribution in [1.29, 1.82) is 0 Å². The largest absolute Gasteiger partial charge is 0.374 e. The molecule has 1 N–H and O–H groups in total. The summed E-state index contributed by atoms with van der Waals surface area (Å²) in [6.07, 6.45) is 2.32. The number of ether oxygens (including phenoxy) is 1. The molecule has 1 aromatic heterocycles. The third-order valence-electron chi connectivity index (χ3n) is 2.86. The minimum absolute atomic E-state index is 0.263. The Hall–Kier alpha value is -1.07. The van der Waals surface area contributed by atoms with Gasteiger partial charge in [0.15, 0.2) is 0 Å². The molecule has 0 amide bonds. The molecule has 0 aromatic carbocycles. The second-order valence-corrected chi connectivity index (χ2v) is 4.36. The van der Waals surface area contributed by atoms with E-state index in [1.54, 1.807) is 0 Å². The van der Waals surface area contributed by atoms with E-state index in [1.165, 1.54) is 0 Å². The van der Waals surface area contributed by atoms with E-state index in [9.17, 15) is 0 Å². The van der Waals surface area contributed by atoms with Crippen LogP contribution in [0.1, 0.15) is 5.69 Å². The highest BCUT2D eigenvalue weighted by molar-refractivity contribution is 5.27. The topological polar surface area (TPSA) is 42.3 Å². The summed E-state index contributed by atoms with van der Waals surface area (Å²) < 4.78 is 7.87. The van der Waals surface area contributed by atoms with Gasteiger partial charge >= 0.3 is 0 Å². The zero-order valence-electron chi connectivity index (χ0n) is 10.2. The zero-order valence-corrected chi connectivity index (χ0v) is 10.2. The van der Waals surface area contributed by atoms with Gasteiger partial charge in [0.25, 0.3) is 0 Å². The molecule has 2 rings (SSSR count). The third-order valence-corrected chi connectivity index (χ3v) is 2.86. The molecule has 1 saturated heterocycles. The van der Waals surface area contributed by atoms with Gasteiger partial charge in [-0.05, 0) is 14.0 Å². The summed E-state index contributed by atoms with van der Waals surface area (Å²) in [5.41, 5.74) is 1.04. The molecule has 0 saturated carbocycles. The zero-order chi connectivity index (χ0) is 11.5. The molecule has 90 valence electrons. The number of aromatic nitrogens is 2. The fourth-order valence-corrected chi connectivity index (χ4v) is 2.08. The number of hydrogen-bond donors (Lipinski definition) is 1. The Morgan fingerprint density at radius 2 is 2.44 bits per heavy atom. The maximum absolute atomic E-state index is 5.74. The quantitative estimate of drug-likeness (QED) is 0.815. The lowest BCUT2D eigenvalue weighted by Gasteiger charge is -2.30. The van der Waals surface area contributed by atoms with E-state index < -0.39 is 0 Å². The van der Waals surface area contributed by atoms with Crippen molar-refractivity contribution in [2.75, 3.05) is 39.1 Å². The minimum Gasteiger partial charge on any atom is -0.374 e. The Morgan fingerprint density at radius 3 is 3.12 bits per heavy atom. The Labute approximate surface area is 96.4 Å². The normalized spacial score (nSPS) is 22.3. The minimum atomic E-state index is 0.263. The SMILES string of the molecule is CNc1nc(C)cn1CC1CN(C)CCO1. The lowest BCUT2D eigenvalue weighted by molar-refractivity contribution is -0.0272. The molecule has 1 atom stereocenters. The van der Waals surface area contributed by atoms with Crippen LogP contribution in [0.3, 0.4) is 0 Å². The fraction of sp³-hybridized carbons (Fsp3) is 0.727. The van der Waals surface area contributed by atoms with E-state index in [2.05, 4.69) is 33.0 Å². The highest BCUT2D eigenvalue weighted by Crippen LogP contribution is 2.12. The molecule has 0 spiro atoms. The summed E-state index contributed by atoms with van der Waals surface area (Å²) in [7, 11) is 4.03. The number of nitrogens with zero attached hydrogens (tertiary/aromatic N) is 3. The number of morpholine rings is 1. The highest BCUT2D eigenvalue weighted by atomic mass is 16.5. The van der Waals surface area contributed by atoms with Crippen LogP contribution in [0.5, 0.6) is 0 Å². The van der Waals surface area contributed by atoms with Gasteiger partial charge in [0.1, 0.15) is 0 Å². The maximum Gasteiger partial charge on any atom is 0.202 e. The van der Waals surface area contributed by atoms with E-state index in [-0.39, 0.29) is 6.10 Å². The van der Waals surface area contributed by atoms with Gasteiger partial charge in [-0.1, -0.05) is 0 Å². The van der Waals surface area contributed by atoms with Crippen LogP contribution in [0, 0.1) is 6.92 Å². The smallest absolute Gasteiger partial charge is 0.202 e. The molecule has 16 heavy (non-hydrogen) atoms. The lowest BCUT2D eigenvalue weighted by Crippen LogP contribution is -2.42. The van der Waals surface area contributed by atoms with Crippen molar-refractivity contribution in [1.82, 2.24) is 14.5 Å². The van der Waals surface area contributed by atoms with Crippen LogP contribution in [0.15, 0.2) is 6.20 Å². The molecular formula is C11H20N4O. The molecule has 0 bridgehead atoms. The summed E-state index contributed by atoms with van der Waals surface area (Å²) in [6.45, 7) is 5.70. The molecular weight excluding hydrogens is 204 g/mol. The summed E-state index contributed by atoms with van der Waals surface area (Å²) >= 11 is 0. The van der Waals surface area contributed by atoms with Gasteiger partial charge in [0.05, 0.1) is 24.9 Å². The molecule has 5 heteroatoms. The first-order valence-electron chi connectivity index (χ1n) is 5.70. The van der Waals surface area contributed by atoms with Crippen LogP contribution >= 0.6 is 0 Å². The van der Waals surface area contributed by atoms with Crippen molar-refractivity contribution in [3.05, 3.63) is 11.9 Å². The van der Waals surface area contributed by atoms with Crippen LogP contribution in [-0.4, -0.2) is 54.3 Å². The number of likely N-dealkylation sites (N-methyl/N-ethyl adjacent to an activating group) is 1. The van der Waals surface area contributed by atoms with Gasteiger partial charge in [0.2, 0.25) is 5.95 Å². The number of rotatable bonds is 3. The van der Waals surface area contributed by atoms with Crippen LogP contribution < -0.4 is 5.32 Å². The van der Waals surface area contributed by atoms with Crippen molar-refractivity contribution in [3.8, 4) is 0 Å². The van der Waals surface area contributed by atoms with E-state index in [1.807, 2.05) is 14.0 Å². The Kier molecular flexibility index (Phi) is 3.46. The van der Waals surface area contributed by atoms with Gasteiger partial charge in [-0.3, -0.25) is 0 Å². The first kappa shape index (κ1) is 11.4. The summed E-state index contributed by atoms with van der Waals surface area (Å²) in [5, 5.41) is 3.10. The van der Waals surface area contributed by atoms with E-state index in [4.69, 9.17) is 4.74 Å². The van der Waals surface area contributed by atoms with Crippen molar-refractivity contribution < 1.29 is 4.74 Å². The maximum atomic E-state index is 5.74. The van der Waals surface area contributed by atoms with Crippen molar-refractivity contribution in [2.24, 2.45) is 0 Å². The summed E-state index contributed by atoms with van der Waals surface area (Å²) in [5.74, 6) is 0.911. The van der Waals surface area contributed by atoms with Crippen LogP contribution in [0.4, 0.5) is 5.95 Å². The van der Waals surface area contributed by atoms with Gasteiger partial charge < -0.3 is 19.5 Å². The van der Waals surface area contributed by atoms with Crippen molar-refractivity contribution in [2.45, 2.75) is 19.6 Å². The summed E-state index contributed by atoms with van der Waals surface area (Å²) in [4.78, 5) is 6.70. The molecule has 1 aromatic rings. The Balaban J connectivity index is 2.02. The van der Waals surface area contributed by atoms with E-state index in [0.717, 1.165) is 37.9 Å². The fourth-order valence-electron chi connectivity index (χ4n) is 2.08. The Morgan fingerprint density at radius 1 is 1.62 bits per heavy atom. The van der Waals surface area contributed by atoms with Crippen molar-refractivity contribution in [3.63, 3.8) is 0 Å². The second kappa shape index (κ2) is 4.84.